The first kappa shape index (κ1) is 18.2. The average Bonchev–Trinajstić information content (AvgIpc) is 3.46. The van der Waals surface area contributed by atoms with Crippen LogP contribution in [0, 0.1) is 13.8 Å². The van der Waals surface area contributed by atoms with E-state index in [1.807, 2.05) is 19.1 Å². The normalized spacial score (nSPS) is 19.8. The Morgan fingerprint density at radius 3 is 2.50 bits per heavy atom. The van der Waals surface area contributed by atoms with Gasteiger partial charge in [-0.1, -0.05) is 15.9 Å². The maximum Gasteiger partial charge on any atom is 0.216 e. The minimum absolute atomic E-state index is 0.113. The first-order chi connectivity index (χ1) is 12.4. The molecule has 1 N–H and O–H groups in total. The SMILES string of the molecule is Cc1nc2ccc(Br)cc2c(NC2CCN(S(=O)(=O)C3CC3)CC2)c1C. The van der Waals surface area contributed by atoms with Crippen LogP contribution in [0.3, 0.4) is 0 Å². The highest BCUT2D eigenvalue weighted by Gasteiger charge is 2.41. The van der Waals surface area contributed by atoms with Gasteiger partial charge in [-0.25, -0.2) is 12.7 Å². The van der Waals surface area contributed by atoms with Crippen molar-refractivity contribution in [2.24, 2.45) is 0 Å². The van der Waals surface area contributed by atoms with Gasteiger partial charge in [-0.2, -0.15) is 0 Å². The van der Waals surface area contributed by atoms with Crippen LogP contribution in [0.25, 0.3) is 10.9 Å². The van der Waals surface area contributed by atoms with E-state index in [0.717, 1.165) is 58.0 Å². The summed E-state index contributed by atoms with van der Waals surface area (Å²) in [4.78, 5) is 4.69. The second-order valence-electron chi connectivity index (χ2n) is 7.42. The Bertz CT molecular complexity index is 949. The number of benzene rings is 1. The summed E-state index contributed by atoms with van der Waals surface area (Å²) >= 11 is 3.56. The van der Waals surface area contributed by atoms with Crippen LogP contribution in [0.15, 0.2) is 22.7 Å². The molecule has 1 aromatic carbocycles. The molecule has 2 aromatic rings. The van der Waals surface area contributed by atoms with Crippen molar-refractivity contribution in [1.82, 2.24) is 9.29 Å². The van der Waals surface area contributed by atoms with E-state index in [9.17, 15) is 8.42 Å². The van der Waals surface area contributed by atoms with Crippen molar-refractivity contribution in [2.45, 2.75) is 50.8 Å². The van der Waals surface area contributed by atoms with Crippen molar-refractivity contribution in [3.05, 3.63) is 33.9 Å². The first-order valence-electron chi connectivity index (χ1n) is 9.18. The van der Waals surface area contributed by atoms with E-state index >= 15 is 0 Å². The molecule has 2 aliphatic rings. The average molecular weight is 438 g/mol. The molecule has 1 saturated carbocycles. The van der Waals surface area contributed by atoms with E-state index in [4.69, 9.17) is 4.98 Å². The molecule has 0 amide bonds. The molecule has 4 rings (SSSR count). The number of hydrogen-bond acceptors (Lipinski definition) is 4. The molecular weight excluding hydrogens is 414 g/mol. The lowest BCUT2D eigenvalue weighted by molar-refractivity contribution is 0.329. The second-order valence-corrected chi connectivity index (χ2v) is 10.5. The van der Waals surface area contributed by atoms with E-state index < -0.39 is 10.0 Å². The summed E-state index contributed by atoms with van der Waals surface area (Å²) in [5, 5.41) is 4.69. The largest absolute Gasteiger partial charge is 0.381 e. The quantitative estimate of drug-likeness (QED) is 0.785. The third-order valence-corrected chi connectivity index (χ3v) is 8.43. The van der Waals surface area contributed by atoms with Crippen LogP contribution in [0.5, 0.6) is 0 Å². The number of rotatable bonds is 4. The topological polar surface area (TPSA) is 62.3 Å². The number of hydrogen-bond donors (Lipinski definition) is 1. The molecule has 2 fully saturated rings. The molecule has 1 aromatic heterocycles. The lowest BCUT2D eigenvalue weighted by Crippen LogP contribution is -2.43. The van der Waals surface area contributed by atoms with Gasteiger partial charge in [0.05, 0.1) is 10.8 Å². The van der Waals surface area contributed by atoms with Crippen molar-refractivity contribution < 1.29 is 8.42 Å². The molecule has 0 unspecified atom stereocenters. The zero-order valence-corrected chi connectivity index (χ0v) is 17.5. The van der Waals surface area contributed by atoms with Crippen molar-refractivity contribution in [1.29, 1.82) is 0 Å². The molecule has 0 radical (unpaired) electrons. The van der Waals surface area contributed by atoms with Gasteiger partial charge in [-0.05, 0) is 63.3 Å². The van der Waals surface area contributed by atoms with Crippen LogP contribution >= 0.6 is 15.9 Å². The highest BCUT2D eigenvalue weighted by Crippen LogP contribution is 2.34. The molecule has 26 heavy (non-hydrogen) atoms. The number of halogens is 1. The molecule has 140 valence electrons. The fourth-order valence-corrected chi connectivity index (χ4v) is 5.91. The van der Waals surface area contributed by atoms with Gasteiger partial charge in [0.2, 0.25) is 10.0 Å². The van der Waals surface area contributed by atoms with E-state index in [0.29, 0.717) is 13.1 Å². The summed E-state index contributed by atoms with van der Waals surface area (Å²) in [5.41, 5.74) is 4.28. The number of anilines is 1. The molecule has 1 aliphatic carbocycles. The van der Waals surface area contributed by atoms with Gasteiger partial charge >= 0.3 is 0 Å². The number of aryl methyl sites for hydroxylation is 1. The maximum absolute atomic E-state index is 12.4. The number of nitrogens with one attached hydrogen (secondary N) is 1. The monoisotopic (exact) mass is 437 g/mol. The van der Waals surface area contributed by atoms with Gasteiger partial charge in [0.15, 0.2) is 0 Å². The Morgan fingerprint density at radius 2 is 1.85 bits per heavy atom. The summed E-state index contributed by atoms with van der Waals surface area (Å²) < 4.78 is 27.6. The fraction of sp³-hybridized carbons (Fsp3) is 0.526. The molecule has 0 spiro atoms. The maximum atomic E-state index is 12.4. The summed E-state index contributed by atoms with van der Waals surface area (Å²) in [6.07, 6.45) is 3.33. The third kappa shape index (κ3) is 3.37. The predicted octanol–water partition coefficient (Wildman–Crippen LogP) is 3.98. The van der Waals surface area contributed by atoms with Crippen LogP contribution in [-0.4, -0.2) is 42.1 Å². The molecule has 7 heteroatoms. The Labute approximate surface area is 163 Å². The number of fused-ring (bicyclic) bond motifs is 1. The Balaban J connectivity index is 1.55. The van der Waals surface area contributed by atoms with Crippen molar-refractivity contribution in [2.75, 3.05) is 18.4 Å². The zero-order chi connectivity index (χ0) is 18.5. The van der Waals surface area contributed by atoms with Crippen LogP contribution in [-0.2, 0) is 10.0 Å². The van der Waals surface area contributed by atoms with Crippen molar-refractivity contribution in [3.8, 4) is 0 Å². The molecule has 0 bridgehead atoms. The van der Waals surface area contributed by atoms with Crippen LogP contribution in [0.4, 0.5) is 5.69 Å². The van der Waals surface area contributed by atoms with Gasteiger partial charge in [-0.3, -0.25) is 4.98 Å². The van der Waals surface area contributed by atoms with E-state index in [2.05, 4.69) is 34.2 Å². The number of pyridine rings is 1. The summed E-state index contributed by atoms with van der Waals surface area (Å²) in [6.45, 7) is 5.35. The highest BCUT2D eigenvalue weighted by molar-refractivity contribution is 9.10. The lowest BCUT2D eigenvalue weighted by Gasteiger charge is -2.33. The summed E-state index contributed by atoms with van der Waals surface area (Å²) in [7, 11) is -3.05. The Hall–Kier alpha value is -1.18. The van der Waals surface area contributed by atoms with Crippen LogP contribution < -0.4 is 5.32 Å². The minimum atomic E-state index is -3.05. The molecule has 1 saturated heterocycles. The number of piperidine rings is 1. The second kappa shape index (κ2) is 6.77. The van der Waals surface area contributed by atoms with E-state index in [-0.39, 0.29) is 11.3 Å². The standard InChI is InChI=1S/C19H24BrN3O2S/c1-12-13(2)21-18-6-3-14(20)11-17(18)19(12)22-15-7-9-23(10-8-15)26(24,25)16-4-5-16/h3,6,11,15-16H,4-5,7-10H2,1-2H3,(H,21,22). The predicted molar refractivity (Wildman–Crippen MR) is 109 cm³/mol. The number of aromatic nitrogens is 1. The van der Waals surface area contributed by atoms with Crippen LogP contribution in [0.2, 0.25) is 0 Å². The Morgan fingerprint density at radius 1 is 1.15 bits per heavy atom. The molecule has 0 atom stereocenters. The first-order valence-corrected chi connectivity index (χ1v) is 11.5. The van der Waals surface area contributed by atoms with Gasteiger partial charge in [0, 0.05) is 40.4 Å². The Kier molecular flexibility index (Phi) is 4.73. The van der Waals surface area contributed by atoms with Gasteiger partial charge in [-0.15, -0.1) is 0 Å². The number of sulfonamides is 1. The van der Waals surface area contributed by atoms with Crippen molar-refractivity contribution in [3.63, 3.8) is 0 Å². The van der Waals surface area contributed by atoms with E-state index in [1.54, 1.807) is 4.31 Å². The molecule has 2 heterocycles. The molecular formula is C19H24BrN3O2S. The van der Waals surface area contributed by atoms with Crippen molar-refractivity contribution >= 4 is 42.5 Å². The lowest BCUT2D eigenvalue weighted by atomic mass is 10.0. The number of nitrogens with zero attached hydrogens (tertiary/aromatic N) is 2. The fourth-order valence-electron chi connectivity index (χ4n) is 3.67. The highest BCUT2D eigenvalue weighted by atomic mass is 79.9. The van der Waals surface area contributed by atoms with Gasteiger partial charge < -0.3 is 5.32 Å². The van der Waals surface area contributed by atoms with Gasteiger partial charge in [0.1, 0.15) is 0 Å². The third-order valence-electron chi connectivity index (χ3n) is 5.54. The zero-order valence-electron chi connectivity index (χ0n) is 15.1. The smallest absolute Gasteiger partial charge is 0.216 e. The molecule has 1 aliphatic heterocycles. The van der Waals surface area contributed by atoms with Crippen LogP contribution in [0.1, 0.15) is 36.9 Å². The van der Waals surface area contributed by atoms with E-state index in [1.165, 1.54) is 0 Å². The summed E-state index contributed by atoms with van der Waals surface area (Å²) in [5.74, 6) is 0. The van der Waals surface area contributed by atoms with Gasteiger partial charge in [0.25, 0.3) is 0 Å². The summed E-state index contributed by atoms with van der Waals surface area (Å²) in [6, 6.07) is 6.42. The minimum Gasteiger partial charge on any atom is -0.381 e. The molecule has 5 nitrogen and oxygen atoms in total.